The lowest BCUT2D eigenvalue weighted by atomic mass is 10.2. The van der Waals surface area contributed by atoms with Crippen molar-refractivity contribution in [2.45, 2.75) is 19.9 Å². The molecular weight excluding hydrogens is 510 g/mol. The molecule has 0 unspecified atom stereocenters. The van der Waals surface area contributed by atoms with Gasteiger partial charge in [0.25, 0.3) is 5.91 Å². The molecule has 0 radical (unpaired) electrons. The Morgan fingerprint density at radius 2 is 1.82 bits per heavy atom. The SMILES string of the molecule is CCC(=O)c1ncc(-c2nc(N3CCOCC3)c3sc(CN(C)c4ncc(C(=O)NO)cn4)cc3n2)cn1. The number of carbonyl (C=O) groups excluding carboxylic acids is 2. The summed E-state index contributed by atoms with van der Waals surface area (Å²) in [6, 6.07) is 2.01. The highest BCUT2D eigenvalue weighted by atomic mass is 32.1. The maximum Gasteiger partial charge on any atom is 0.277 e. The third-order valence-corrected chi connectivity index (χ3v) is 7.04. The number of carbonyl (C=O) groups is 2. The van der Waals surface area contributed by atoms with Crippen molar-refractivity contribution < 1.29 is 19.5 Å². The van der Waals surface area contributed by atoms with Crippen LogP contribution in [-0.2, 0) is 11.3 Å². The molecule has 5 heterocycles. The van der Waals surface area contributed by atoms with Crippen molar-refractivity contribution in [3.63, 3.8) is 0 Å². The lowest BCUT2D eigenvalue weighted by Crippen LogP contribution is -2.36. The summed E-state index contributed by atoms with van der Waals surface area (Å²) in [5, 5.41) is 8.78. The second-order valence-electron chi connectivity index (χ2n) is 8.54. The average Bonchev–Trinajstić information content (AvgIpc) is 3.38. The second kappa shape index (κ2) is 11.1. The molecule has 0 saturated carbocycles. The van der Waals surface area contributed by atoms with Crippen LogP contribution in [0.15, 0.2) is 30.9 Å². The predicted octanol–water partition coefficient (Wildman–Crippen LogP) is 2.12. The summed E-state index contributed by atoms with van der Waals surface area (Å²) in [4.78, 5) is 55.1. The van der Waals surface area contributed by atoms with Crippen molar-refractivity contribution in [1.29, 1.82) is 0 Å². The number of thiophene rings is 1. The lowest BCUT2D eigenvalue weighted by molar-refractivity contribution is 0.0705. The van der Waals surface area contributed by atoms with Crippen LogP contribution in [-0.4, -0.2) is 80.2 Å². The molecule has 0 spiro atoms. The van der Waals surface area contributed by atoms with E-state index in [-0.39, 0.29) is 17.2 Å². The Bertz CT molecular complexity index is 1450. The number of rotatable bonds is 8. The Balaban J connectivity index is 1.47. The average molecular weight is 536 g/mol. The monoisotopic (exact) mass is 535 g/mol. The molecule has 0 atom stereocenters. The van der Waals surface area contributed by atoms with Crippen LogP contribution in [0.5, 0.6) is 0 Å². The van der Waals surface area contributed by atoms with Gasteiger partial charge in [-0.05, 0) is 6.07 Å². The lowest BCUT2D eigenvalue weighted by Gasteiger charge is -2.28. The summed E-state index contributed by atoms with van der Waals surface area (Å²) >= 11 is 1.59. The molecule has 0 aromatic carbocycles. The molecule has 14 heteroatoms. The predicted molar refractivity (Wildman–Crippen MR) is 139 cm³/mol. The van der Waals surface area contributed by atoms with Crippen molar-refractivity contribution >= 4 is 45.0 Å². The van der Waals surface area contributed by atoms with E-state index in [1.165, 1.54) is 12.4 Å². The van der Waals surface area contributed by atoms with Gasteiger partial charge >= 0.3 is 0 Å². The summed E-state index contributed by atoms with van der Waals surface area (Å²) in [6.07, 6.45) is 6.21. The largest absolute Gasteiger partial charge is 0.378 e. The number of morpholine rings is 1. The number of hydroxylamine groups is 1. The highest BCUT2D eigenvalue weighted by Crippen LogP contribution is 2.35. The highest BCUT2D eigenvalue weighted by Gasteiger charge is 2.21. The number of hydrogen-bond donors (Lipinski definition) is 2. The third-order valence-electron chi connectivity index (χ3n) is 5.93. The van der Waals surface area contributed by atoms with Gasteiger partial charge in [0.2, 0.25) is 5.95 Å². The van der Waals surface area contributed by atoms with E-state index >= 15 is 0 Å². The first-order chi connectivity index (χ1) is 18.5. The minimum atomic E-state index is -0.675. The fourth-order valence-corrected chi connectivity index (χ4v) is 5.08. The van der Waals surface area contributed by atoms with Crippen LogP contribution in [0.2, 0.25) is 0 Å². The van der Waals surface area contributed by atoms with Gasteiger partial charge in [-0.15, -0.1) is 11.3 Å². The number of fused-ring (bicyclic) bond motifs is 1. The van der Waals surface area contributed by atoms with Crippen LogP contribution in [0, 0.1) is 0 Å². The van der Waals surface area contributed by atoms with E-state index in [1.807, 2.05) is 18.0 Å². The minimum Gasteiger partial charge on any atom is -0.378 e. The van der Waals surface area contributed by atoms with E-state index in [4.69, 9.17) is 19.9 Å². The molecule has 1 fully saturated rings. The van der Waals surface area contributed by atoms with Crippen LogP contribution < -0.4 is 15.3 Å². The summed E-state index contributed by atoms with van der Waals surface area (Å²) in [7, 11) is 1.85. The standard InChI is InChI=1S/C24H25N9O4S/c1-3-18(34)21-25-9-14(10-26-21)20-29-17-8-16(38-19(17)22(30-20)33-4-6-37-7-5-33)13-32(2)24-27-11-15(12-28-24)23(35)31-36/h8-12,36H,3-7,13H2,1-2H3,(H,31,35). The fraction of sp³-hybridized carbons (Fsp3) is 0.333. The Morgan fingerprint density at radius 1 is 1.11 bits per heavy atom. The first-order valence-corrected chi connectivity index (χ1v) is 12.7. The molecule has 1 aliphatic heterocycles. The van der Waals surface area contributed by atoms with Gasteiger partial charge < -0.3 is 14.5 Å². The number of aromatic nitrogens is 6. The Hall–Kier alpha value is -4.14. The van der Waals surface area contributed by atoms with Crippen LogP contribution in [0.1, 0.15) is 39.2 Å². The van der Waals surface area contributed by atoms with Crippen molar-refractivity contribution in [2.24, 2.45) is 0 Å². The van der Waals surface area contributed by atoms with Gasteiger partial charge in [0.15, 0.2) is 23.2 Å². The molecule has 1 saturated heterocycles. The van der Waals surface area contributed by atoms with E-state index in [0.717, 1.165) is 20.9 Å². The quantitative estimate of drug-likeness (QED) is 0.192. The number of hydrogen-bond acceptors (Lipinski definition) is 13. The topological polar surface area (TPSA) is 159 Å². The molecule has 2 N–H and O–H groups in total. The van der Waals surface area contributed by atoms with E-state index in [2.05, 4.69) is 24.8 Å². The number of nitrogens with zero attached hydrogens (tertiary/aromatic N) is 8. The zero-order chi connectivity index (χ0) is 26.6. The Morgan fingerprint density at radius 3 is 2.47 bits per heavy atom. The molecule has 4 aromatic rings. The highest BCUT2D eigenvalue weighted by molar-refractivity contribution is 7.19. The third kappa shape index (κ3) is 5.27. The van der Waals surface area contributed by atoms with E-state index in [0.29, 0.717) is 56.6 Å². The molecule has 1 amide bonds. The van der Waals surface area contributed by atoms with Gasteiger partial charge in [-0.25, -0.2) is 35.4 Å². The van der Waals surface area contributed by atoms with Gasteiger partial charge in [0.1, 0.15) is 0 Å². The first-order valence-electron chi connectivity index (χ1n) is 11.9. The Kier molecular flexibility index (Phi) is 7.44. The number of ketones is 1. The molecule has 0 aliphatic carbocycles. The van der Waals surface area contributed by atoms with Gasteiger partial charge in [-0.3, -0.25) is 14.8 Å². The van der Waals surface area contributed by atoms with Crippen LogP contribution >= 0.6 is 11.3 Å². The summed E-state index contributed by atoms with van der Waals surface area (Å²) in [5.41, 5.74) is 3.13. The van der Waals surface area contributed by atoms with Crippen LogP contribution in [0.3, 0.4) is 0 Å². The molecule has 0 bridgehead atoms. The van der Waals surface area contributed by atoms with E-state index in [9.17, 15) is 9.59 Å². The zero-order valence-electron chi connectivity index (χ0n) is 20.8. The van der Waals surface area contributed by atoms with Gasteiger partial charge in [-0.1, -0.05) is 6.92 Å². The minimum absolute atomic E-state index is 0.121. The van der Waals surface area contributed by atoms with Crippen molar-refractivity contribution in [2.75, 3.05) is 43.2 Å². The molecule has 13 nitrogen and oxygen atoms in total. The summed E-state index contributed by atoms with van der Waals surface area (Å²) in [5.74, 6) is 1.11. The maximum absolute atomic E-state index is 11.9. The van der Waals surface area contributed by atoms with Gasteiger partial charge in [0.05, 0.1) is 41.1 Å². The van der Waals surface area contributed by atoms with Crippen LogP contribution in [0.4, 0.5) is 11.8 Å². The molecule has 4 aromatic heterocycles. The maximum atomic E-state index is 11.9. The Labute approximate surface area is 221 Å². The molecule has 1 aliphatic rings. The van der Waals surface area contributed by atoms with Crippen molar-refractivity contribution in [1.82, 2.24) is 35.4 Å². The number of ether oxygens (including phenoxy) is 1. The normalized spacial score (nSPS) is 13.5. The number of nitrogens with one attached hydrogen (secondary N) is 1. The van der Waals surface area contributed by atoms with Crippen molar-refractivity contribution in [3.05, 3.63) is 47.1 Å². The van der Waals surface area contributed by atoms with E-state index < -0.39 is 5.91 Å². The smallest absolute Gasteiger partial charge is 0.277 e. The molecular formula is C24H25N9O4S. The van der Waals surface area contributed by atoms with Crippen LogP contribution in [0.25, 0.3) is 21.6 Å². The molecule has 5 rings (SSSR count). The summed E-state index contributed by atoms with van der Waals surface area (Å²) < 4.78 is 6.49. The van der Waals surface area contributed by atoms with Gasteiger partial charge in [0, 0.05) is 56.2 Å². The summed E-state index contributed by atoms with van der Waals surface area (Å²) in [6.45, 7) is 4.91. The fourth-order valence-electron chi connectivity index (χ4n) is 3.91. The van der Waals surface area contributed by atoms with E-state index in [1.54, 1.807) is 36.1 Å². The molecule has 38 heavy (non-hydrogen) atoms. The second-order valence-corrected chi connectivity index (χ2v) is 9.67. The number of anilines is 2. The van der Waals surface area contributed by atoms with Gasteiger partial charge in [-0.2, -0.15) is 0 Å². The first kappa shape index (κ1) is 25.5. The number of amides is 1. The molecule has 196 valence electrons. The van der Waals surface area contributed by atoms with Crippen molar-refractivity contribution in [3.8, 4) is 11.4 Å². The number of Topliss-reactive ketones (excluding diaryl/α,β-unsaturated/α-hetero) is 1. The zero-order valence-corrected chi connectivity index (χ0v) is 21.6.